The lowest BCUT2D eigenvalue weighted by molar-refractivity contribution is 0.0940. The molecule has 0 fully saturated rings. The van der Waals surface area contributed by atoms with Crippen molar-refractivity contribution in [3.05, 3.63) is 53.3 Å². The smallest absolute Gasteiger partial charge is 0.268 e. The molecular weight excluding hydrogens is 266 g/mol. The number of amides is 1. The lowest BCUT2D eigenvalue weighted by Crippen LogP contribution is -2.25. The minimum atomic E-state index is -0.147. The van der Waals surface area contributed by atoms with Gasteiger partial charge in [-0.2, -0.15) is 0 Å². The van der Waals surface area contributed by atoms with Gasteiger partial charge in [-0.25, -0.2) is 0 Å². The lowest BCUT2D eigenvalue weighted by Gasteiger charge is -2.12. The Hall–Kier alpha value is -2.27. The lowest BCUT2D eigenvalue weighted by atomic mass is 10.1. The molecule has 1 aromatic carbocycles. The number of nitrogen functional groups attached to an aromatic ring is 1. The van der Waals surface area contributed by atoms with Crippen molar-refractivity contribution in [3.8, 4) is 0 Å². The summed E-state index contributed by atoms with van der Waals surface area (Å²) in [4.78, 5) is 12.3. The van der Waals surface area contributed by atoms with E-state index in [1.807, 2.05) is 42.7 Å². The molecule has 0 aliphatic carbocycles. The fraction of sp³-hybridized carbons (Fsp3) is 0.312. The molecule has 0 unspecified atom stereocenters. The number of benzene rings is 1. The molecule has 0 bridgehead atoms. The Labute approximate surface area is 124 Å². The third-order valence-corrected chi connectivity index (χ3v) is 3.32. The van der Waals surface area contributed by atoms with Crippen LogP contribution in [0.2, 0.25) is 0 Å². The molecular formula is C16H21N3O2. The molecule has 1 aromatic heterocycles. The monoisotopic (exact) mass is 287 g/mol. The van der Waals surface area contributed by atoms with Crippen LogP contribution in [-0.2, 0) is 13.2 Å². The Morgan fingerprint density at radius 3 is 2.48 bits per heavy atom. The molecule has 5 heteroatoms. The van der Waals surface area contributed by atoms with E-state index in [1.54, 1.807) is 12.3 Å². The third kappa shape index (κ3) is 3.64. The molecule has 0 saturated carbocycles. The van der Waals surface area contributed by atoms with E-state index in [1.165, 1.54) is 0 Å². The number of carbonyl (C=O) groups excluding carboxylic acids is 1. The van der Waals surface area contributed by atoms with Crippen LogP contribution < -0.4 is 11.1 Å². The van der Waals surface area contributed by atoms with Crippen molar-refractivity contribution in [1.82, 2.24) is 9.88 Å². The molecule has 1 amide bonds. The normalized spacial score (nSPS) is 10.9. The Morgan fingerprint density at radius 1 is 1.29 bits per heavy atom. The van der Waals surface area contributed by atoms with Gasteiger partial charge in [0.2, 0.25) is 0 Å². The SMILES string of the molecule is CC(C)n1cc(N)cc1C(=O)NCc1ccc(CO)cc1. The summed E-state index contributed by atoms with van der Waals surface area (Å²) in [7, 11) is 0. The molecule has 0 aliphatic rings. The van der Waals surface area contributed by atoms with E-state index in [-0.39, 0.29) is 18.6 Å². The van der Waals surface area contributed by atoms with Gasteiger partial charge >= 0.3 is 0 Å². The number of carbonyl (C=O) groups is 1. The largest absolute Gasteiger partial charge is 0.397 e. The summed E-state index contributed by atoms with van der Waals surface area (Å²) in [6, 6.07) is 9.33. The van der Waals surface area contributed by atoms with Crippen LogP contribution in [0.5, 0.6) is 0 Å². The van der Waals surface area contributed by atoms with Crippen LogP contribution in [0.4, 0.5) is 5.69 Å². The summed E-state index contributed by atoms with van der Waals surface area (Å²) >= 11 is 0. The van der Waals surface area contributed by atoms with Gasteiger partial charge in [-0.15, -0.1) is 0 Å². The van der Waals surface area contributed by atoms with Crippen LogP contribution in [0.3, 0.4) is 0 Å². The molecule has 1 heterocycles. The van der Waals surface area contributed by atoms with Crippen LogP contribution in [0.1, 0.15) is 41.5 Å². The maximum Gasteiger partial charge on any atom is 0.268 e. The predicted molar refractivity (Wildman–Crippen MR) is 82.8 cm³/mol. The Bertz CT molecular complexity index is 615. The molecule has 0 atom stereocenters. The second-order valence-corrected chi connectivity index (χ2v) is 5.32. The molecule has 21 heavy (non-hydrogen) atoms. The van der Waals surface area contributed by atoms with E-state index in [9.17, 15) is 4.79 Å². The Morgan fingerprint density at radius 2 is 1.90 bits per heavy atom. The van der Waals surface area contributed by atoms with Crippen molar-refractivity contribution in [3.63, 3.8) is 0 Å². The average molecular weight is 287 g/mol. The van der Waals surface area contributed by atoms with Crippen LogP contribution >= 0.6 is 0 Å². The first-order valence-electron chi connectivity index (χ1n) is 6.95. The predicted octanol–water partition coefficient (Wildman–Crippen LogP) is 2.07. The summed E-state index contributed by atoms with van der Waals surface area (Å²) in [5.41, 5.74) is 8.75. The zero-order valence-electron chi connectivity index (χ0n) is 12.3. The van der Waals surface area contributed by atoms with E-state index in [0.29, 0.717) is 17.9 Å². The van der Waals surface area contributed by atoms with Gasteiger partial charge in [0.05, 0.1) is 12.3 Å². The van der Waals surface area contributed by atoms with E-state index >= 15 is 0 Å². The summed E-state index contributed by atoms with van der Waals surface area (Å²) in [6.45, 7) is 4.47. The van der Waals surface area contributed by atoms with Crippen LogP contribution in [-0.4, -0.2) is 15.6 Å². The number of hydrogen-bond acceptors (Lipinski definition) is 3. The van der Waals surface area contributed by atoms with Crippen LogP contribution in [0.25, 0.3) is 0 Å². The minimum absolute atomic E-state index is 0.0216. The fourth-order valence-electron chi connectivity index (χ4n) is 2.15. The van der Waals surface area contributed by atoms with Crippen molar-refractivity contribution in [1.29, 1.82) is 0 Å². The number of nitrogens with one attached hydrogen (secondary N) is 1. The number of rotatable bonds is 5. The molecule has 0 saturated heterocycles. The quantitative estimate of drug-likeness (QED) is 0.787. The van der Waals surface area contributed by atoms with E-state index < -0.39 is 0 Å². The number of anilines is 1. The molecule has 0 spiro atoms. The van der Waals surface area contributed by atoms with Gasteiger partial charge in [-0.05, 0) is 31.0 Å². The van der Waals surface area contributed by atoms with Crippen molar-refractivity contribution in [2.75, 3.05) is 5.73 Å². The average Bonchev–Trinajstić information content (AvgIpc) is 2.87. The second kappa shape index (κ2) is 6.45. The van der Waals surface area contributed by atoms with Crippen LogP contribution in [0.15, 0.2) is 36.5 Å². The standard InChI is InChI=1S/C16H21N3O2/c1-11(2)19-9-14(17)7-15(19)16(21)18-8-12-3-5-13(10-20)6-4-12/h3-7,9,11,20H,8,10,17H2,1-2H3,(H,18,21). The van der Waals surface area contributed by atoms with Crippen molar-refractivity contribution in [2.45, 2.75) is 33.0 Å². The first kappa shape index (κ1) is 15.1. The molecule has 2 aromatic rings. The van der Waals surface area contributed by atoms with Gasteiger partial charge in [0, 0.05) is 18.8 Å². The van der Waals surface area contributed by atoms with Gasteiger partial charge in [-0.3, -0.25) is 4.79 Å². The number of hydrogen-bond donors (Lipinski definition) is 3. The van der Waals surface area contributed by atoms with Gasteiger partial charge in [0.25, 0.3) is 5.91 Å². The van der Waals surface area contributed by atoms with Crippen molar-refractivity contribution >= 4 is 11.6 Å². The highest BCUT2D eigenvalue weighted by Gasteiger charge is 2.14. The summed E-state index contributed by atoms with van der Waals surface area (Å²) in [5, 5.41) is 11.9. The van der Waals surface area contributed by atoms with Gasteiger partial charge < -0.3 is 20.7 Å². The second-order valence-electron chi connectivity index (χ2n) is 5.32. The van der Waals surface area contributed by atoms with Gasteiger partial charge in [-0.1, -0.05) is 24.3 Å². The zero-order chi connectivity index (χ0) is 15.4. The molecule has 5 nitrogen and oxygen atoms in total. The maximum absolute atomic E-state index is 12.3. The molecule has 0 aliphatic heterocycles. The number of aliphatic hydroxyl groups excluding tert-OH is 1. The molecule has 2 rings (SSSR count). The molecule has 0 radical (unpaired) electrons. The van der Waals surface area contributed by atoms with E-state index in [4.69, 9.17) is 10.8 Å². The van der Waals surface area contributed by atoms with E-state index in [0.717, 1.165) is 11.1 Å². The van der Waals surface area contributed by atoms with E-state index in [2.05, 4.69) is 5.32 Å². The third-order valence-electron chi connectivity index (χ3n) is 3.32. The van der Waals surface area contributed by atoms with Crippen molar-refractivity contribution in [2.24, 2.45) is 0 Å². The Kier molecular flexibility index (Phi) is 4.65. The number of nitrogens with zero attached hydrogens (tertiary/aromatic N) is 1. The highest BCUT2D eigenvalue weighted by atomic mass is 16.3. The number of nitrogens with two attached hydrogens (primary N) is 1. The summed E-state index contributed by atoms with van der Waals surface area (Å²) in [6.07, 6.45) is 1.77. The summed E-state index contributed by atoms with van der Waals surface area (Å²) in [5.74, 6) is -0.147. The van der Waals surface area contributed by atoms with Crippen molar-refractivity contribution < 1.29 is 9.90 Å². The first-order valence-corrected chi connectivity index (χ1v) is 6.95. The zero-order valence-corrected chi connectivity index (χ0v) is 12.3. The van der Waals surface area contributed by atoms with Gasteiger partial charge in [0.1, 0.15) is 5.69 Å². The minimum Gasteiger partial charge on any atom is -0.397 e. The van der Waals surface area contributed by atoms with Gasteiger partial charge in [0.15, 0.2) is 0 Å². The summed E-state index contributed by atoms with van der Waals surface area (Å²) < 4.78 is 1.86. The highest BCUT2D eigenvalue weighted by Crippen LogP contribution is 2.16. The molecule has 112 valence electrons. The fourth-order valence-corrected chi connectivity index (χ4v) is 2.15. The Balaban J connectivity index is 2.04. The highest BCUT2D eigenvalue weighted by molar-refractivity contribution is 5.93. The topological polar surface area (TPSA) is 80.3 Å². The number of aromatic nitrogens is 1. The molecule has 4 N–H and O–H groups in total. The number of aliphatic hydroxyl groups is 1. The first-order chi connectivity index (χ1) is 10.0. The van der Waals surface area contributed by atoms with Crippen LogP contribution in [0, 0.1) is 0 Å². The maximum atomic E-state index is 12.3.